The largest absolute Gasteiger partial charge is 0.395 e. The van der Waals surface area contributed by atoms with Crippen LogP contribution in [0.5, 0.6) is 0 Å². The summed E-state index contributed by atoms with van der Waals surface area (Å²) in [6.45, 7) is -0.783. The Kier molecular flexibility index (Phi) is 5.75. The molecule has 0 saturated heterocycles. The predicted molar refractivity (Wildman–Crippen MR) is 72.5 cm³/mol. The zero-order valence-electron chi connectivity index (χ0n) is 11.9. The van der Waals surface area contributed by atoms with E-state index in [4.69, 9.17) is 5.11 Å². The average molecular weight is 289 g/mol. The van der Waals surface area contributed by atoms with Gasteiger partial charge in [-0.2, -0.15) is 0 Å². The van der Waals surface area contributed by atoms with Crippen LogP contribution in [0.2, 0.25) is 0 Å². The van der Waals surface area contributed by atoms with Crippen LogP contribution in [0.1, 0.15) is 44.9 Å². The van der Waals surface area contributed by atoms with Crippen LogP contribution >= 0.6 is 0 Å². The van der Waals surface area contributed by atoms with Crippen LogP contribution in [0.3, 0.4) is 0 Å². The van der Waals surface area contributed by atoms with E-state index in [0.717, 1.165) is 30.1 Å². The molecular weight excluding hydrogens is 264 g/mol. The minimum absolute atomic E-state index is 0.0216. The molecule has 0 aromatic heterocycles. The second kappa shape index (κ2) is 7.34. The first-order chi connectivity index (χ1) is 9.61. The maximum absolute atomic E-state index is 12.5. The lowest BCUT2D eigenvalue weighted by molar-refractivity contribution is -0.140. The number of aliphatic hydroxyl groups is 1. The predicted octanol–water partition coefficient (Wildman–Crippen LogP) is 2.68. The summed E-state index contributed by atoms with van der Waals surface area (Å²) < 4.78 is 25.1. The highest BCUT2D eigenvalue weighted by Crippen LogP contribution is 2.43. The molecule has 1 amide bonds. The van der Waals surface area contributed by atoms with Crippen LogP contribution in [0, 0.1) is 17.8 Å². The van der Waals surface area contributed by atoms with E-state index in [-0.39, 0.29) is 25.0 Å². The molecular formula is C15H25F2NO2. The first-order valence-corrected chi connectivity index (χ1v) is 7.79. The van der Waals surface area contributed by atoms with Crippen molar-refractivity contribution in [3.63, 3.8) is 0 Å². The standard InChI is InChI=1S/C15H25F2NO2/c16-14(17)10-18(7-8-19)15(20)13-6-5-11-3-1-2-4-12(11)9-13/h11-14,19H,1-10H2. The summed E-state index contributed by atoms with van der Waals surface area (Å²) in [6.07, 6.45) is 5.19. The SMILES string of the molecule is O=C(C1CCC2CCCCC2C1)N(CCO)CC(F)F. The summed E-state index contributed by atoms with van der Waals surface area (Å²) in [7, 11) is 0. The lowest BCUT2D eigenvalue weighted by Gasteiger charge is -2.40. The maximum Gasteiger partial charge on any atom is 0.255 e. The summed E-state index contributed by atoms with van der Waals surface area (Å²) in [5.74, 6) is 1.06. The Balaban J connectivity index is 1.93. The van der Waals surface area contributed by atoms with E-state index in [2.05, 4.69) is 0 Å². The number of amides is 1. The van der Waals surface area contributed by atoms with Crippen LogP contribution in [-0.2, 0) is 4.79 Å². The number of fused-ring (bicyclic) bond motifs is 1. The lowest BCUT2D eigenvalue weighted by Crippen LogP contribution is -2.43. The topological polar surface area (TPSA) is 40.5 Å². The van der Waals surface area contributed by atoms with Gasteiger partial charge in [-0.15, -0.1) is 0 Å². The molecule has 3 nitrogen and oxygen atoms in total. The number of hydrogen-bond donors (Lipinski definition) is 1. The summed E-state index contributed by atoms with van der Waals surface area (Å²) in [6, 6.07) is 0. The van der Waals surface area contributed by atoms with E-state index < -0.39 is 13.0 Å². The van der Waals surface area contributed by atoms with Gasteiger partial charge in [0.25, 0.3) is 6.43 Å². The number of carbonyl (C=O) groups is 1. The molecule has 2 aliphatic carbocycles. The minimum atomic E-state index is -2.53. The first-order valence-electron chi connectivity index (χ1n) is 7.79. The molecule has 0 spiro atoms. The quantitative estimate of drug-likeness (QED) is 0.845. The number of rotatable bonds is 5. The molecule has 1 N–H and O–H groups in total. The Bertz CT molecular complexity index is 325. The van der Waals surface area contributed by atoms with Gasteiger partial charge in [-0.25, -0.2) is 8.78 Å². The molecule has 2 rings (SSSR count). The molecule has 0 aromatic carbocycles. The summed E-state index contributed by atoms with van der Waals surface area (Å²) in [5.41, 5.74) is 0. The van der Waals surface area contributed by atoms with Gasteiger partial charge >= 0.3 is 0 Å². The minimum Gasteiger partial charge on any atom is -0.395 e. The smallest absolute Gasteiger partial charge is 0.255 e. The fraction of sp³-hybridized carbons (Fsp3) is 0.933. The number of hydrogen-bond acceptors (Lipinski definition) is 2. The number of halogens is 2. The molecule has 2 saturated carbocycles. The zero-order chi connectivity index (χ0) is 14.5. The van der Waals surface area contributed by atoms with Gasteiger partial charge in [0.1, 0.15) is 0 Å². The van der Waals surface area contributed by atoms with Crippen LogP contribution < -0.4 is 0 Å². The molecule has 5 heteroatoms. The normalized spacial score (nSPS) is 30.1. The summed E-state index contributed by atoms with van der Waals surface area (Å²) in [5, 5.41) is 8.95. The van der Waals surface area contributed by atoms with Crippen LogP contribution in [-0.4, -0.2) is 42.0 Å². The van der Waals surface area contributed by atoms with Crippen molar-refractivity contribution in [2.75, 3.05) is 19.7 Å². The van der Waals surface area contributed by atoms with Gasteiger partial charge in [0.15, 0.2) is 0 Å². The molecule has 0 radical (unpaired) electrons. The second-order valence-corrected chi connectivity index (χ2v) is 6.21. The number of carbonyl (C=O) groups excluding carboxylic acids is 1. The van der Waals surface area contributed by atoms with Crippen LogP contribution in [0.4, 0.5) is 8.78 Å². The van der Waals surface area contributed by atoms with E-state index >= 15 is 0 Å². The van der Waals surface area contributed by atoms with Gasteiger partial charge in [0.05, 0.1) is 13.2 Å². The van der Waals surface area contributed by atoms with Crippen LogP contribution in [0.25, 0.3) is 0 Å². The van der Waals surface area contributed by atoms with Crippen LogP contribution in [0.15, 0.2) is 0 Å². The summed E-state index contributed by atoms with van der Waals surface area (Å²) >= 11 is 0. The third-order valence-corrected chi connectivity index (χ3v) is 4.93. The van der Waals surface area contributed by atoms with Crippen molar-refractivity contribution >= 4 is 5.91 Å². The Morgan fingerprint density at radius 1 is 1.15 bits per heavy atom. The highest BCUT2D eigenvalue weighted by atomic mass is 19.3. The molecule has 116 valence electrons. The maximum atomic E-state index is 12.5. The molecule has 3 unspecified atom stereocenters. The van der Waals surface area contributed by atoms with Gasteiger partial charge in [-0.3, -0.25) is 4.79 Å². The average Bonchev–Trinajstić information content (AvgIpc) is 2.45. The van der Waals surface area contributed by atoms with Crippen molar-refractivity contribution in [3.05, 3.63) is 0 Å². The molecule has 2 aliphatic rings. The van der Waals surface area contributed by atoms with Gasteiger partial charge in [-0.05, 0) is 31.1 Å². The monoisotopic (exact) mass is 289 g/mol. The fourth-order valence-corrected chi connectivity index (χ4v) is 3.93. The van der Waals surface area contributed by atoms with E-state index in [1.165, 1.54) is 25.7 Å². The van der Waals surface area contributed by atoms with Gasteiger partial charge in [-0.1, -0.05) is 25.7 Å². The van der Waals surface area contributed by atoms with Crippen molar-refractivity contribution in [1.29, 1.82) is 0 Å². The van der Waals surface area contributed by atoms with Crippen molar-refractivity contribution in [3.8, 4) is 0 Å². The van der Waals surface area contributed by atoms with E-state index in [1.807, 2.05) is 0 Å². The highest BCUT2D eigenvalue weighted by molar-refractivity contribution is 5.79. The van der Waals surface area contributed by atoms with Gasteiger partial charge < -0.3 is 10.0 Å². The molecule has 3 atom stereocenters. The third-order valence-electron chi connectivity index (χ3n) is 4.93. The Morgan fingerprint density at radius 2 is 1.85 bits per heavy atom. The van der Waals surface area contributed by atoms with E-state index in [0.29, 0.717) is 5.92 Å². The van der Waals surface area contributed by atoms with Gasteiger partial charge in [0, 0.05) is 12.5 Å². The van der Waals surface area contributed by atoms with E-state index in [9.17, 15) is 13.6 Å². The molecule has 20 heavy (non-hydrogen) atoms. The van der Waals surface area contributed by atoms with E-state index in [1.54, 1.807) is 0 Å². The zero-order valence-corrected chi connectivity index (χ0v) is 11.9. The highest BCUT2D eigenvalue weighted by Gasteiger charge is 2.36. The summed E-state index contributed by atoms with van der Waals surface area (Å²) in [4.78, 5) is 13.5. The number of nitrogens with zero attached hydrogens (tertiary/aromatic N) is 1. The van der Waals surface area contributed by atoms with Crippen molar-refractivity contribution in [1.82, 2.24) is 4.90 Å². The Labute approximate surface area is 119 Å². The Morgan fingerprint density at radius 3 is 2.50 bits per heavy atom. The molecule has 2 fully saturated rings. The lowest BCUT2D eigenvalue weighted by atomic mass is 9.67. The third kappa shape index (κ3) is 3.90. The molecule has 0 aromatic rings. The molecule has 0 bridgehead atoms. The fourth-order valence-electron chi connectivity index (χ4n) is 3.93. The van der Waals surface area contributed by atoms with Crippen molar-refractivity contribution in [2.45, 2.75) is 51.4 Å². The first kappa shape index (κ1) is 15.7. The Hall–Kier alpha value is -0.710. The number of aliphatic hydroxyl groups excluding tert-OH is 1. The van der Waals surface area contributed by atoms with Crippen molar-refractivity contribution in [2.24, 2.45) is 17.8 Å². The second-order valence-electron chi connectivity index (χ2n) is 6.21. The molecule has 0 aliphatic heterocycles. The molecule has 0 heterocycles. The van der Waals surface area contributed by atoms with Crippen molar-refractivity contribution < 1.29 is 18.7 Å². The van der Waals surface area contributed by atoms with Gasteiger partial charge in [0.2, 0.25) is 5.91 Å². The number of alkyl halides is 2.